The first kappa shape index (κ1) is 49.5. The van der Waals surface area contributed by atoms with E-state index in [0.29, 0.717) is 47.7 Å². The molecule has 57 heavy (non-hydrogen) atoms. The van der Waals surface area contributed by atoms with Crippen molar-refractivity contribution in [1.82, 2.24) is 0 Å². The number of fused-ring (bicyclic) bond motifs is 1. The summed E-state index contributed by atoms with van der Waals surface area (Å²) >= 11 is 0. The lowest BCUT2D eigenvalue weighted by Crippen LogP contribution is -2.10. The SMILES string of the molecule is CC(C)=CCOc1cc2oc(=O)ccc2cc1O.N=C(N)c1ccc(OCCCCCOc2ccc(C(=N)N)cc2)cc1.O=S(=O)(O)CCO.O=S(=O)(O)CCO. The van der Waals surface area contributed by atoms with Gasteiger partial charge in [-0.2, -0.15) is 16.8 Å². The molecule has 4 rings (SSSR count). The van der Waals surface area contributed by atoms with Gasteiger partial charge in [0.2, 0.25) is 0 Å². The summed E-state index contributed by atoms with van der Waals surface area (Å²) < 4.78 is 75.9. The van der Waals surface area contributed by atoms with Crippen molar-refractivity contribution in [3.63, 3.8) is 0 Å². The smallest absolute Gasteiger partial charge is 0.336 e. The lowest BCUT2D eigenvalue weighted by atomic mass is 10.2. The summed E-state index contributed by atoms with van der Waals surface area (Å²) in [4.78, 5) is 11.1. The van der Waals surface area contributed by atoms with E-state index >= 15 is 0 Å². The molecular weight excluding hydrogens is 789 g/mol. The second-order valence-corrected chi connectivity index (χ2v) is 15.0. The monoisotopic (exact) mass is 838 g/mol. The van der Waals surface area contributed by atoms with Crippen molar-refractivity contribution in [2.45, 2.75) is 33.1 Å². The number of hydrogen-bond donors (Lipinski definition) is 9. The molecule has 0 spiro atoms. The summed E-state index contributed by atoms with van der Waals surface area (Å²) in [6, 6.07) is 20.4. The molecular formula is C37H50N4O14S2. The standard InChI is InChI=1S/C19H24N4O2.C14H14O4.2C2H6O4S/c20-18(21)14-4-8-16(9-5-14)24-12-2-1-3-13-25-17-10-6-15(7-11-17)19(22)23;1-9(2)5-6-17-13-8-12-10(7-11(13)15)3-4-14(16)18-12;2*3-1-2-7(4,5)6/h4-11H,1-3,12-13H2,(H3,20,21)(H3,22,23);3-5,7-8,15H,6H2,1-2H3;2*3H,1-2H2,(H,4,5,6). The van der Waals surface area contributed by atoms with Crippen LogP contribution in [0, 0.1) is 10.8 Å². The van der Waals surface area contributed by atoms with Crippen LogP contribution in [0.4, 0.5) is 0 Å². The minimum atomic E-state index is -3.92. The Morgan fingerprint density at radius 3 is 1.54 bits per heavy atom. The Kier molecular flexibility index (Phi) is 22.2. The van der Waals surface area contributed by atoms with Crippen molar-refractivity contribution in [3.8, 4) is 23.0 Å². The number of aliphatic hydroxyl groups is 2. The molecule has 0 bridgehead atoms. The van der Waals surface area contributed by atoms with Crippen molar-refractivity contribution in [2.24, 2.45) is 11.5 Å². The highest BCUT2D eigenvalue weighted by atomic mass is 32.2. The zero-order valence-corrected chi connectivity index (χ0v) is 33.1. The van der Waals surface area contributed by atoms with E-state index < -0.39 is 50.6 Å². The summed E-state index contributed by atoms with van der Waals surface area (Å²) in [5, 5.41) is 40.8. The van der Waals surface area contributed by atoms with Gasteiger partial charge in [-0.15, -0.1) is 0 Å². The second kappa shape index (κ2) is 25.6. The van der Waals surface area contributed by atoms with Crippen LogP contribution in [0.3, 0.4) is 0 Å². The number of ether oxygens (including phenoxy) is 3. The third-order valence-corrected chi connectivity index (χ3v) is 8.18. The van der Waals surface area contributed by atoms with Gasteiger partial charge in [0, 0.05) is 28.6 Å². The number of unbranched alkanes of at least 4 members (excludes halogenated alkanes) is 2. The van der Waals surface area contributed by atoms with E-state index in [2.05, 4.69) is 0 Å². The number of aliphatic hydroxyl groups excluding tert-OH is 2. The molecule has 0 fully saturated rings. The van der Waals surface area contributed by atoms with Crippen LogP contribution >= 0.6 is 0 Å². The third-order valence-electron chi connectivity index (χ3n) is 6.79. The number of phenolic OH excluding ortho intramolecular Hbond substituents is 1. The minimum Gasteiger partial charge on any atom is -0.504 e. The van der Waals surface area contributed by atoms with Crippen LogP contribution in [0.15, 0.2) is 93.7 Å². The van der Waals surface area contributed by atoms with Gasteiger partial charge in [-0.1, -0.05) is 5.57 Å². The number of nitrogens with one attached hydrogen (secondary N) is 2. The number of nitrogens with two attached hydrogens (primary N) is 2. The maximum absolute atomic E-state index is 11.1. The van der Waals surface area contributed by atoms with Crippen LogP contribution in [-0.2, 0) is 20.2 Å². The van der Waals surface area contributed by atoms with E-state index in [-0.39, 0.29) is 17.4 Å². The van der Waals surface area contributed by atoms with Crippen LogP contribution in [0.5, 0.6) is 23.0 Å². The van der Waals surface area contributed by atoms with Gasteiger partial charge in [0.1, 0.15) is 35.4 Å². The average molecular weight is 839 g/mol. The molecule has 4 aromatic rings. The molecule has 0 unspecified atom stereocenters. The maximum Gasteiger partial charge on any atom is 0.336 e. The quantitative estimate of drug-likeness (QED) is 0.0184. The summed E-state index contributed by atoms with van der Waals surface area (Å²) in [7, 11) is -7.85. The van der Waals surface area contributed by atoms with Gasteiger partial charge in [-0.3, -0.25) is 19.9 Å². The molecule has 0 radical (unpaired) electrons. The molecule has 11 N–H and O–H groups in total. The molecule has 0 aliphatic rings. The molecule has 18 nitrogen and oxygen atoms in total. The summed E-state index contributed by atoms with van der Waals surface area (Å²) in [6.45, 7) is 4.51. The molecule has 0 atom stereocenters. The number of benzene rings is 3. The Morgan fingerprint density at radius 2 is 1.18 bits per heavy atom. The molecule has 314 valence electrons. The predicted molar refractivity (Wildman–Crippen MR) is 216 cm³/mol. The number of allylic oxidation sites excluding steroid dienone is 1. The molecule has 1 aromatic heterocycles. The van der Waals surface area contributed by atoms with E-state index in [1.54, 1.807) is 30.3 Å². The lowest BCUT2D eigenvalue weighted by Gasteiger charge is -2.08. The molecule has 0 amide bonds. The molecule has 0 saturated carbocycles. The van der Waals surface area contributed by atoms with E-state index in [1.807, 2.05) is 44.2 Å². The Morgan fingerprint density at radius 1 is 0.719 bits per heavy atom. The molecule has 0 aliphatic carbocycles. The third kappa shape index (κ3) is 23.2. The Labute approximate surface area is 330 Å². The summed E-state index contributed by atoms with van der Waals surface area (Å²) in [5.41, 5.74) is 13.3. The highest BCUT2D eigenvalue weighted by Gasteiger charge is 2.07. The number of nitrogen functional groups attached to an aromatic ring is 2. The first-order chi connectivity index (χ1) is 26.7. The Hall–Kier alpha value is -5.51. The lowest BCUT2D eigenvalue weighted by molar-refractivity contribution is 0.279. The zero-order valence-electron chi connectivity index (χ0n) is 31.5. The van der Waals surface area contributed by atoms with Gasteiger partial charge in [-0.05, 0) is 99.8 Å². The fourth-order valence-corrected chi connectivity index (χ4v) is 4.41. The Balaban J connectivity index is 0.000000439. The predicted octanol–water partition coefficient (Wildman–Crippen LogP) is 3.46. The normalized spacial score (nSPS) is 10.6. The van der Waals surface area contributed by atoms with E-state index in [0.717, 1.165) is 36.3 Å². The molecule has 3 aromatic carbocycles. The number of rotatable bonds is 17. The fourth-order valence-electron chi connectivity index (χ4n) is 3.95. The largest absolute Gasteiger partial charge is 0.504 e. The maximum atomic E-state index is 11.1. The Bertz CT molecular complexity index is 2060. The first-order valence-electron chi connectivity index (χ1n) is 17.0. The average Bonchev–Trinajstić information content (AvgIpc) is 3.11. The van der Waals surface area contributed by atoms with Crippen molar-refractivity contribution in [3.05, 3.63) is 106 Å². The summed E-state index contributed by atoms with van der Waals surface area (Å²) in [6.07, 6.45) is 4.80. The van der Waals surface area contributed by atoms with Gasteiger partial charge in [-0.25, -0.2) is 4.79 Å². The van der Waals surface area contributed by atoms with E-state index in [9.17, 15) is 26.7 Å². The molecule has 0 aliphatic heterocycles. The van der Waals surface area contributed by atoms with Crippen LogP contribution in [0.1, 0.15) is 44.2 Å². The fraction of sp³-hybridized carbons (Fsp3) is 0.324. The van der Waals surface area contributed by atoms with Gasteiger partial charge in [0.05, 0.1) is 37.9 Å². The van der Waals surface area contributed by atoms with Gasteiger partial charge >= 0.3 is 5.63 Å². The molecule has 20 heteroatoms. The number of aromatic hydroxyl groups is 1. The van der Waals surface area contributed by atoms with Crippen molar-refractivity contribution in [1.29, 1.82) is 10.8 Å². The number of amidine groups is 2. The molecule has 0 saturated heterocycles. The highest BCUT2D eigenvalue weighted by Crippen LogP contribution is 2.30. The van der Waals surface area contributed by atoms with Gasteiger partial charge in [0.25, 0.3) is 20.2 Å². The zero-order chi connectivity index (χ0) is 43.0. The van der Waals surface area contributed by atoms with Crippen LogP contribution < -0.4 is 31.3 Å². The second-order valence-electron chi connectivity index (χ2n) is 11.9. The number of hydrogen-bond acceptors (Lipinski definition) is 14. The van der Waals surface area contributed by atoms with E-state index in [1.165, 1.54) is 18.2 Å². The molecule has 1 heterocycles. The van der Waals surface area contributed by atoms with Gasteiger partial charge < -0.3 is 45.4 Å². The van der Waals surface area contributed by atoms with Crippen LogP contribution in [0.2, 0.25) is 0 Å². The number of phenols is 1. The summed E-state index contributed by atoms with van der Waals surface area (Å²) in [5.74, 6) is 0.858. The van der Waals surface area contributed by atoms with Crippen molar-refractivity contribution < 1.29 is 59.9 Å². The van der Waals surface area contributed by atoms with Crippen LogP contribution in [0.25, 0.3) is 11.0 Å². The van der Waals surface area contributed by atoms with Crippen molar-refractivity contribution in [2.75, 3.05) is 44.5 Å². The topological polar surface area (TPSA) is 327 Å². The van der Waals surface area contributed by atoms with Crippen molar-refractivity contribution >= 4 is 42.9 Å². The first-order valence-corrected chi connectivity index (χ1v) is 20.3. The van der Waals surface area contributed by atoms with Crippen LogP contribution in [-0.4, -0.2) is 97.5 Å². The van der Waals surface area contributed by atoms with E-state index in [4.69, 9.17) is 60.2 Å². The van der Waals surface area contributed by atoms with Gasteiger partial charge in [0.15, 0.2) is 11.5 Å². The minimum absolute atomic E-state index is 0.0264. The highest BCUT2D eigenvalue weighted by molar-refractivity contribution is 7.86.